The Labute approximate surface area is 156 Å². The summed E-state index contributed by atoms with van der Waals surface area (Å²) in [7, 11) is 1.63. The van der Waals surface area contributed by atoms with Gasteiger partial charge in [-0.1, -0.05) is 42.1 Å². The van der Waals surface area contributed by atoms with E-state index in [1.54, 1.807) is 7.11 Å². The number of carbonyl (C=O) groups excluding carboxylic acids is 1. The number of nitrogens with one attached hydrogen (secondary N) is 2. The Morgan fingerprint density at radius 3 is 2.62 bits per heavy atom. The third-order valence-electron chi connectivity index (χ3n) is 3.84. The summed E-state index contributed by atoms with van der Waals surface area (Å²) >= 11 is 1.30. The van der Waals surface area contributed by atoms with Gasteiger partial charge in [0.25, 0.3) is 0 Å². The van der Waals surface area contributed by atoms with E-state index in [0.29, 0.717) is 11.0 Å². The quantitative estimate of drug-likeness (QED) is 0.625. The molecule has 3 aromatic rings. The Hall–Kier alpha value is -2.80. The van der Waals surface area contributed by atoms with Crippen LogP contribution < -0.4 is 10.1 Å². The predicted molar refractivity (Wildman–Crippen MR) is 102 cm³/mol. The third kappa shape index (κ3) is 4.64. The zero-order valence-electron chi connectivity index (χ0n) is 14.6. The molecule has 0 spiro atoms. The average Bonchev–Trinajstić information content (AvgIpc) is 3.16. The van der Waals surface area contributed by atoms with Crippen molar-refractivity contribution < 1.29 is 9.53 Å². The second-order valence-corrected chi connectivity index (χ2v) is 6.63. The van der Waals surface area contributed by atoms with Crippen molar-refractivity contribution in [1.82, 2.24) is 20.5 Å². The molecule has 1 atom stereocenters. The molecule has 1 amide bonds. The summed E-state index contributed by atoms with van der Waals surface area (Å²) in [5, 5.41) is 10.6. The predicted octanol–water partition coefficient (Wildman–Crippen LogP) is 3.45. The Morgan fingerprint density at radius 1 is 1.19 bits per heavy atom. The van der Waals surface area contributed by atoms with Crippen molar-refractivity contribution in [2.75, 3.05) is 12.9 Å². The number of H-pyrrole nitrogens is 1. The number of hydrogen-bond donors (Lipinski definition) is 2. The highest BCUT2D eigenvalue weighted by atomic mass is 32.2. The third-order valence-corrected chi connectivity index (χ3v) is 4.69. The molecule has 0 aliphatic carbocycles. The minimum absolute atomic E-state index is 0.0358. The molecule has 0 radical (unpaired) electrons. The van der Waals surface area contributed by atoms with E-state index in [-0.39, 0.29) is 17.7 Å². The monoisotopic (exact) mass is 368 g/mol. The van der Waals surface area contributed by atoms with Crippen LogP contribution in [0.3, 0.4) is 0 Å². The number of carbonyl (C=O) groups is 1. The number of aromatic nitrogens is 3. The van der Waals surface area contributed by atoms with Crippen LogP contribution >= 0.6 is 11.8 Å². The minimum Gasteiger partial charge on any atom is -0.497 e. The van der Waals surface area contributed by atoms with Crippen LogP contribution in [-0.2, 0) is 4.79 Å². The van der Waals surface area contributed by atoms with Crippen molar-refractivity contribution >= 4 is 17.7 Å². The molecule has 2 N–H and O–H groups in total. The van der Waals surface area contributed by atoms with Gasteiger partial charge in [0.2, 0.25) is 11.1 Å². The van der Waals surface area contributed by atoms with Crippen molar-refractivity contribution in [3.05, 3.63) is 60.2 Å². The van der Waals surface area contributed by atoms with Crippen LogP contribution in [0.2, 0.25) is 0 Å². The van der Waals surface area contributed by atoms with Crippen LogP contribution in [0.25, 0.3) is 11.4 Å². The largest absolute Gasteiger partial charge is 0.497 e. The Morgan fingerprint density at radius 2 is 1.92 bits per heavy atom. The molecule has 1 aromatic heterocycles. The number of aromatic amines is 1. The highest BCUT2D eigenvalue weighted by Crippen LogP contribution is 2.21. The van der Waals surface area contributed by atoms with E-state index in [0.717, 1.165) is 16.9 Å². The maximum Gasteiger partial charge on any atom is 0.230 e. The van der Waals surface area contributed by atoms with Crippen LogP contribution in [0, 0.1) is 0 Å². The van der Waals surface area contributed by atoms with Gasteiger partial charge >= 0.3 is 0 Å². The molecule has 0 aliphatic rings. The number of methoxy groups -OCH3 is 1. The first-order chi connectivity index (χ1) is 12.7. The second kappa shape index (κ2) is 8.53. The van der Waals surface area contributed by atoms with Gasteiger partial charge in [-0.3, -0.25) is 9.89 Å². The van der Waals surface area contributed by atoms with Gasteiger partial charge in [0, 0.05) is 5.56 Å². The maximum absolute atomic E-state index is 12.1. The SMILES string of the molecule is COc1ccc(-c2nc(SCC(=O)NC(C)c3ccccc3)n[nH]2)cc1. The maximum atomic E-state index is 12.1. The van der Waals surface area contributed by atoms with Gasteiger partial charge in [-0.25, -0.2) is 4.98 Å². The van der Waals surface area contributed by atoms with E-state index in [9.17, 15) is 4.79 Å². The standard InChI is InChI=1S/C19H20N4O2S/c1-13(14-6-4-3-5-7-14)20-17(24)12-26-19-21-18(22-23-19)15-8-10-16(25-2)11-9-15/h3-11,13H,12H2,1-2H3,(H,20,24)(H,21,22,23). The summed E-state index contributed by atoms with van der Waals surface area (Å²) < 4.78 is 5.14. The zero-order chi connectivity index (χ0) is 18.4. The summed E-state index contributed by atoms with van der Waals surface area (Å²) in [6.45, 7) is 1.96. The molecule has 0 aliphatic heterocycles. The molecule has 0 fully saturated rings. The summed E-state index contributed by atoms with van der Waals surface area (Å²) in [6, 6.07) is 17.4. The topological polar surface area (TPSA) is 79.9 Å². The summed E-state index contributed by atoms with van der Waals surface area (Å²) in [4.78, 5) is 16.6. The fourth-order valence-electron chi connectivity index (χ4n) is 2.43. The van der Waals surface area contributed by atoms with Crippen LogP contribution in [0.4, 0.5) is 0 Å². The molecule has 6 nitrogen and oxygen atoms in total. The Bertz CT molecular complexity index is 849. The molecule has 0 saturated carbocycles. The number of nitrogens with zero attached hydrogens (tertiary/aromatic N) is 2. The van der Waals surface area contributed by atoms with Crippen molar-refractivity contribution in [2.45, 2.75) is 18.1 Å². The van der Waals surface area contributed by atoms with Crippen molar-refractivity contribution in [3.63, 3.8) is 0 Å². The van der Waals surface area contributed by atoms with Crippen molar-refractivity contribution in [1.29, 1.82) is 0 Å². The van der Waals surface area contributed by atoms with Crippen LogP contribution in [0.1, 0.15) is 18.5 Å². The number of hydrogen-bond acceptors (Lipinski definition) is 5. The second-order valence-electron chi connectivity index (χ2n) is 5.68. The molecule has 1 heterocycles. The smallest absolute Gasteiger partial charge is 0.230 e. The highest BCUT2D eigenvalue weighted by Gasteiger charge is 2.12. The molecule has 7 heteroatoms. The Kier molecular flexibility index (Phi) is 5.91. The summed E-state index contributed by atoms with van der Waals surface area (Å²) in [5.74, 6) is 1.65. The van der Waals surface area contributed by atoms with E-state index in [2.05, 4.69) is 20.5 Å². The van der Waals surface area contributed by atoms with E-state index in [1.807, 2.05) is 61.5 Å². The number of benzene rings is 2. The fraction of sp³-hybridized carbons (Fsp3) is 0.211. The van der Waals surface area contributed by atoms with Crippen LogP contribution in [0.15, 0.2) is 59.8 Å². The number of rotatable bonds is 7. The van der Waals surface area contributed by atoms with Gasteiger partial charge in [-0.05, 0) is 36.8 Å². The molecule has 26 heavy (non-hydrogen) atoms. The Balaban J connectivity index is 1.53. The van der Waals surface area contributed by atoms with E-state index in [1.165, 1.54) is 11.8 Å². The average molecular weight is 368 g/mol. The minimum atomic E-state index is -0.0536. The van der Waals surface area contributed by atoms with Gasteiger partial charge < -0.3 is 10.1 Å². The molecule has 0 saturated heterocycles. The van der Waals surface area contributed by atoms with Gasteiger partial charge in [0.05, 0.1) is 18.9 Å². The lowest BCUT2D eigenvalue weighted by atomic mass is 10.1. The van der Waals surface area contributed by atoms with Gasteiger partial charge in [0.15, 0.2) is 5.82 Å². The van der Waals surface area contributed by atoms with Gasteiger partial charge in [-0.15, -0.1) is 5.10 Å². The lowest BCUT2D eigenvalue weighted by Crippen LogP contribution is -2.28. The van der Waals surface area contributed by atoms with Gasteiger partial charge in [0.1, 0.15) is 5.75 Å². The van der Waals surface area contributed by atoms with Gasteiger partial charge in [-0.2, -0.15) is 0 Å². The lowest BCUT2D eigenvalue weighted by Gasteiger charge is -2.13. The van der Waals surface area contributed by atoms with Crippen molar-refractivity contribution in [3.8, 4) is 17.1 Å². The van der Waals surface area contributed by atoms with Crippen LogP contribution in [0.5, 0.6) is 5.75 Å². The molecule has 3 rings (SSSR count). The summed E-state index contributed by atoms with van der Waals surface area (Å²) in [6.07, 6.45) is 0. The summed E-state index contributed by atoms with van der Waals surface area (Å²) in [5.41, 5.74) is 1.98. The first kappa shape index (κ1) is 18.0. The zero-order valence-corrected chi connectivity index (χ0v) is 15.4. The molecule has 134 valence electrons. The van der Waals surface area contributed by atoms with E-state index >= 15 is 0 Å². The van der Waals surface area contributed by atoms with Crippen molar-refractivity contribution in [2.24, 2.45) is 0 Å². The molecule has 0 bridgehead atoms. The number of ether oxygens (including phenoxy) is 1. The fourth-order valence-corrected chi connectivity index (χ4v) is 3.04. The lowest BCUT2D eigenvalue weighted by molar-refractivity contribution is -0.119. The van der Waals surface area contributed by atoms with Crippen LogP contribution in [-0.4, -0.2) is 34.0 Å². The molecular weight excluding hydrogens is 348 g/mol. The normalized spacial score (nSPS) is 11.8. The first-order valence-corrected chi connectivity index (χ1v) is 9.18. The molecule has 2 aromatic carbocycles. The highest BCUT2D eigenvalue weighted by molar-refractivity contribution is 7.99. The molecule has 1 unspecified atom stereocenters. The van der Waals surface area contributed by atoms with E-state index in [4.69, 9.17) is 4.74 Å². The first-order valence-electron chi connectivity index (χ1n) is 8.19. The number of amides is 1. The number of thioether (sulfide) groups is 1. The van der Waals surface area contributed by atoms with E-state index < -0.39 is 0 Å². The molecular formula is C19H20N4O2S.